The molecule has 0 atom stereocenters. The molecule has 0 radical (unpaired) electrons. The van der Waals surface area contributed by atoms with E-state index in [4.69, 9.17) is 37.7 Å². The third kappa shape index (κ3) is 6.73. The van der Waals surface area contributed by atoms with E-state index in [0.29, 0.717) is 51.6 Å². The Morgan fingerprint density at radius 2 is 1.74 bits per heavy atom. The summed E-state index contributed by atoms with van der Waals surface area (Å²) in [6.07, 6.45) is 5.42. The first kappa shape index (κ1) is 29.1. The molecule has 0 saturated carbocycles. The van der Waals surface area contributed by atoms with Crippen molar-refractivity contribution in [3.63, 3.8) is 0 Å². The SMILES string of the molecule is CCn1cc(-c2ccc(Cl)cc2Cl)nc1/C=C/c1ccc(-c2cccc(OCc3ccc(C(=O)OC)cc3)c2)cc1F. The van der Waals surface area contributed by atoms with Gasteiger partial charge < -0.3 is 14.0 Å². The lowest BCUT2D eigenvalue weighted by atomic mass is 10.0. The monoisotopic (exact) mass is 600 g/mol. The highest BCUT2D eigenvalue weighted by molar-refractivity contribution is 6.36. The van der Waals surface area contributed by atoms with E-state index >= 15 is 4.39 Å². The van der Waals surface area contributed by atoms with E-state index in [0.717, 1.165) is 22.3 Å². The van der Waals surface area contributed by atoms with Gasteiger partial charge in [-0.25, -0.2) is 14.2 Å². The predicted octanol–water partition coefficient (Wildman–Crippen LogP) is 9.22. The van der Waals surface area contributed by atoms with Crippen LogP contribution in [0.2, 0.25) is 10.0 Å². The summed E-state index contributed by atoms with van der Waals surface area (Å²) in [5, 5.41) is 1.07. The van der Waals surface area contributed by atoms with Gasteiger partial charge in [0.1, 0.15) is 24.0 Å². The maximum Gasteiger partial charge on any atom is 0.337 e. The molecule has 8 heteroatoms. The highest BCUT2D eigenvalue weighted by Gasteiger charge is 2.12. The third-order valence-electron chi connectivity index (χ3n) is 6.72. The summed E-state index contributed by atoms with van der Waals surface area (Å²) in [5.41, 5.74) is 4.88. The van der Waals surface area contributed by atoms with Gasteiger partial charge in [-0.15, -0.1) is 0 Å². The number of hydrogen-bond acceptors (Lipinski definition) is 4. The number of ether oxygens (including phenoxy) is 2. The Balaban J connectivity index is 1.29. The van der Waals surface area contributed by atoms with Crippen molar-refractivity contribution < 1.29 is 18.7 Å². The standard InChI is InChI=1S/C34H27Cl2FN2O3/c1-3-39-20-32(29-15-14-27(35)19-30(29)36)38-33(39)16-13-23-11-12-26(18-31(23)37)25-5-4-6-28(17-25)42-21-22-7-9-24(10-8-22)34(40)41-2/h4-20H,3,21H2,1-2H3/b16-13+. The average Bonchev–Trinajstić information content (AvgIpc) is 3.42. The number of carbonyl (C=O) groups is 1. The molecular formula is C34H27Cl2FN2O3. The first-order valence-corrected chi connectivity index (χ1v) is 14.0. The van der Waals surface area contributed by atoms with Crippen LogP contribution in [0.1, 0.15) is 34.2 Å². The van der Waals surface area contributed by atoms with Gasteiger partial charge in [0.05, 0.1) is 23.4 Å². The molecule has 5 aromatic rings. The van der Waals surface area contributed by atoms with E-state index in [1.165, 1.54) is 13.2 Å². The number of aryl methyl sites for hydroxylation is 1. The van der Waals surface area contributed by atoms with Crippen LogP contribution < -0.4 is 4.74 Å². The molecule has 1 aromatic heterocycles. The van der Waals surface area contributed by atoms with Crippen LogP contribution >= 0.6 is 23.2 Å². The van der Waals surface area contributed by atoms with Crippen LogP contribution in [0, 0.1) is 5.82 Å². The number of rotatable bonds is 9. The Morgan fingerprint density at radius 1 is 0.952 bits per heavy atom. The van der Waals surface area contributed by atoms with Crippen LogP contribution in [0.15, 0.2) is 91.1 Å². The Morgan fingerprint density at radius 3 is 2.45 bits per heavy atom. The van der Waals surface area contributed by atoms with E-state index in [-0.39, 0.29) is 11.8 Å². The molecule has 0 spiro atoms. The number of carbonyl (C=O) groups excluding carboxylic acids is 1. The van der Waals surface area contributed by atoms with Gasteiger partial charge in [0.25, 0.3) is 0 Å². The number of esters is 1. The topological polar surface area (TPSA) is 53.4 Å². The molecule has 0 saturated heterocycles. The van der Waals surface area contributed by atoms with Crippen molar-refractivity contribution in [1.29, 1.82) is 0 Å². The van der Waals surface area contributed by atoms with Crippen molar-refractivity contribution in [3.05, 3.63) is 130 Å². The first-order chi connectivity index (χ1) is 20.3. The molecule has 0 N–H and O–H groups in total. The molecule has 0 amide bonds. The number of halogens is 3. The smallest absolute Gasteiger partial charge is 0.337 e. The molecule has 5 nitrogen and oxygen atoms in total. The third-order valence-corrected chi connectivity index (χ3v) is 7.26. The lowest BCUT2D eigenvalue weighted by Crippen LogP contribution is -2.02. The maximum atomic E-state index is 15.2. The van der Waals surface area contributed by atoms with E-state index < -0.39 is 0 Å². The van der Waals surface area contributed by atoms with Crippen LogP contribution in [0.4, 0.5) is 4.39 Å². The van der Waals surface area contributed by atoms with Crippen LogP contribution in [-0.2, 0) is 17.9 Å². The second-order valence-corrected chi connectivity index (χ2v) is 10.3. The zero-order valence-electron chi connectivity index (χ0n) is 23.0. The van der Waals surface area contributed by atoms with Gasteiger partial charge in [0, 0.05) is 28.9 Å². The molecule has 0 aliphatic heterocycles. The summed E-state index contributed by atoms with van der Waals surface area (Å²) in [7, 11) is 1.35. The minimum atomic E-state index is -0.384. The van der Waals surface area contributed by atoms with Crippen LogP contribution in [-0.4, -0.2) is 22.6 Å². The average molecular weight is 602 g/mol. The fraction of sp³-hybridized carbons (Fsp3) is 0.118. The van der Waals surface area contributed by atoms with Crippen molar-refractivity contribution in [1.82, 2.24) is 9.55 Å². The van der Waals surface area contributed by atoms with Gasteiger partial charge in [-0.3, -0.25) is 0 Å². The molecule has 0 aliphatic carbocycles. The van der Waals surface area contributed by atoms with Gasteiger partial charge in [0.2, 0.25) is 0 Å². The highest BCUT2D eigenvalue weighted by Crippen LogP contribution is 2.31. The van der Waals surface area contributed by atoms with Crippen molar-refractivity contribution in [2.24, 2.45) is 0 Å². The number of hydrogen-bond donors (Lipinski definition) is 0. The largest absolute Gasteiger partial charge is 0.489 e. The quantitative estimate of drug-likeness (QED) is 0.158. The van der Waals surface area contributed by atoms with Gasteiger partial charge in [-0.1, -0.05) is 59.6 Å². The van der Waals surface area contributed by atoms with Crippen molar-refractivity contribution in [3.8, 4) is 28.1 Å². The Bertz CT molecular complexity index is 1760. The van der Waals surface area contributed by atoms with Crippen LogP contribution in [0.3, 0.4) is 0 Å². The summed E-state index contributed by atoms with van der Waals surface area (Å²) >= 11 is 12.4. The van der Waals surface area contributed by atoms with E-state index in [9.17, 15) is 4.79 Å². The maximum absolute atomic E-state index is 15.2. The fourth-order valence-electron chi connectivity index (χ4n) is 4.44. The van der Waals surface area contributed by atoms with E-state index in [1.807, 2.05) is 66.2 Å². The predicted molar refractivity (Wildman–Crippen MR) is 166 cm³/mol. The lowest BCUT2D eigenvalue weighted by Gasteiger charge is -2.10. The van der Waals surface area contributed by atoms with Crippen molar-refractivity contribution in [2.75, 3.05) is 7.11 Å². The van der Waals surface area contributed by atoms with Crippen molar-refractivity contribution >= 4 is 41.3 Å². The molecule has 4 aromatic carbocycles. The number of nitrogens with zero attached hydrogens (tertiary/aromatic N) is 2. The Hall–Kier alpha value is -4.39. The molecule has 212 valence electrons. The summed E-state index contributed by atoms with van der Waals surface area (Å²) in [5.74, 6) is 0.602. The second kappa shape index (κ2) is 13.1. The molecule has 0 fully saturated rings. The molecule has 5 rings (SSSR count). The van der Waals surface area contributed by atoms with Crippen LogP contribution in [0.5, 0.6) is 5.75 Å². The highest BCUT2D eigenvalue weighted by atomic mass is 35.5. The van der Waals surface area contributed by atoms with Crippen molar-refractivity contribution in [2.45, 2.75) is 20.1 Å². The van der Waals surface area contributed by atoms with Gasteiger partial charge in [-0.2, -0.15) is 0 Å². The molecular weight excluding hydrogens is 574 g/mol. The number of aromatic nitrogens is 2. The fourth-order valence-corrected chi connectivity index (χ4v) is 4.94. The first-order valence-electron chi connectivity index (χ1n) is 13.3. The van der Waals surface area contributed by atoms with Gasteiger partial charge in [-0.05, 0) is 84.3 Å². The zero-order valence-corrected chi connectivity index (χ0v) is 24.5. The van der Waals surface area contributed by atoms with Gasteiger partial charge >= 0.3 is 5.97 Å². The number of methoxy groups -OCH3 is 1. The summed E-state index contributed by atoms with van der Waals surface area (Å²) in [4.78, 5) is 16.3. The Kier molecular flexibility index (Phi) is 9.06. The molecule has 1 heterocycles. The molecule has 0 unspecified atom stereocenters. The number of benzene rings is 4. The van der Waals surface area contributed by atoms with Crippen LogP contribution in [0.25, 0.3) is 34.5 Å². The van der Waals surface area contributed by atoms with E-state index in [1.54, 1.807) is 42.5 Å². The summed E-state index contributed by atoms with van der Waals surface area (Å²) in [6.45, 7) is 3.03. The van der Waals surface area contributed by atoms with E-state index in [2.05, 4.69) is 0 Å². The summed E-state index contributed by atoms with van der Waals surface area (Å²) in [6, 6.07) is 24.9. The minimum absolute atomic E-state index is 0.322. The summed E-state index contributed by atoms with van der Waals surface area (Å²) < 4.78 is 27.8. The number of imidazole rings is 1. The second-order valence-electron chi connectivity index (χ2n) is 9.47. The lowest BCUT2D eigenvalue weighted by molar-refractivity contribution is 0.0600. The Labute approximate surface area is 253 Å². The van der Waals surface area contributed by atoms with Gasteiger partial charge in [0.15, 0.2) is 0 Å². The minimum Gasteiger partial charge on any atom is -0.489 e. The molecule has 42 heavy (non-hydrogen) atoms. The normalized spacial score (nSPS) is 11.2. The molecule has 0 aliphatic rings. The zero-order chi connectivity index (χ0) is 29.6. The molecule has 0 bridgehead atoms.